The lowest BCUT2D eigenvalue weighted by atomic mass is 10.0. The molecule has 3 rings (SSSR count). The maximum absolute atomic E-state index is 12.1. The number of pyridine rings is 1. The minimum absolute atomic E-state index is 0.0363. The number of carbonyl (C=O) groups is 1. The number of H-pyrrole nitrogens is 2. The topological polar surface area (TPSA) is 104 Å². The van der Waals surface area contributed by atoms with Gasteiger partial charge in [-0.1, -0.05) is 25.5 Å². The molecule has 0 bridgehead atoms. The number of aromatic nitrogens is 2. The van der Waals surface area contributed by atoms with Gasteiger partial charge in [-0.3, -0.25) is 9.59 Å². The highest BCUT2D eigenvalue weighted by Crippen LogP contribution is 2.17. The van der Waals surface area contributed by atoms with E-state index in [0.717, 1.165) is 42.3 Å². The second-order valence-electron chi connectivity index (χ2n) is 6.46. The first kappa shape index (κ1) is 17.8. The van der Waals surface area contributed by atoms with Gasteiger partial charge in [0.1, 0.15) is 5.82 Å². The minimum atomic E-state index is -0.171. The molecule has 1 aromatic carbocycles. The van der Waals surface area contributed by atoms with Crippen molar-refractivity contribution in [3.8, 4) is 0 Å². The summed E-state index contributed by atoms with van der Waals surface area (Å²) in [5.74, 6) is 0.314. The molecule has 6 nitrogen and oxygen atoms in total. The monoisotopic (exact) mass is 352 g/mol. The maximum atomic E-state index is 12.1. The number of amides is 1. The highest BCUT2D eigenvalue weighted by Gasteiger charge is 2.09. The Labute approximate surface area is 151 Å². The van der Waals surface area contributed by atoms with Crippen molar-refractivity contribution in [3.05, 3.63) is 63.6 Å². The molecule has 1 amide bonds. The van der Waals surface area contributed by atoms with E-state index in [4.69, 9.17) is 5.73 Å². The molecule has 0 aliphatic heterocycles. The Morgan fingerprint density at radius 1 is 1.19 bits per heavy atom. The number of nitrogen functional groups attached to an aromatic ring is 1. The van der Waals surface area contributed by atoms with Gasteiger partial charge in [0.05, 0.1) is 10.9 Å². The maximum Gasteiger partial charge on any atom is 0.259 e. The molecule has 3 aromatic rings. The van der Waals surface area contributed by atoms with Gasteiger partial charge in [-0.15, -0.1) is 0 Å². The van der Waals surface area contributed by atoms with Gasteiger partial charge in [-0.25, -0.2) is 0 Å². The van der Waals surface area contributed by atoms with Crippen LogP contribution in [-0.2, 0) is 12.8 Å². The van der Waals surface area contributed by atoms with Crippen LogP contribution in [0.5, 0.6) is 0 Å². The first-order valence-electron chi connectivity index (χ1n) is 8.94. The summed E-state index contributed by atoms with van der Waals surface area (Å²) in [6, 6.07) is 9.35. The van der Waals surface area contributed by atoms with Crippen molar-refractivity contribution in [3.63, 3.8) is 0 Å². The van der Waals surface area contributed by atoms with E-state index in [1.165, 1.54) is 0 Å². The van der Waals surface area contributed by atoms with Crippen LogP contribution in [0.1, 0.15) is 41.3 Å². The molecule has 5 N–H and O–H groups in total. The second-order valence-corrected chi connectivity index (χ2v) is 6.46. The highest BCUT2D eigenvalue weighted by atomic mass is 16.1. The van der Waals surface area contributed by atoms with Gasteiger partial charge in [-0.05, 0) is 42.5 Å². The third kappa shape index (κ3) is 3.96. The highest BCUT2D eigenvalue weighted by molar-refractivity contribution is 5.94. The van der Waals surface area contributed by atoms with E-state index in [0.29, 0.717) is 23.3 Å². The standard InChI is InChI=1S/C20H24N4O2/c1-2-3-10-22-19(25)14-7-4-13(5-8-14)6-9-15-12-23-16-11-17(21)24-20(26)18(15)16/h4-5,7-8,11-12,23H,2-3,6,9-10H2,1H3,(H,22,25)(H3,21,24,26). The van der Waals surface area contributed by atoms with Crippen LogP contribution in [0.2, 0.25) is 0 Å². The summed E-state index contributed by atoms with van der Waals surface area (Å²) in [7, 11) is 0. The zero-order valence-electron chi connectivity index (χ0n) is 14.9. The molecule has 0 unspecified atom stereocenters. The predicted molar refractivity (Wildman–Crippen MR) is 104 cm³/mol. The molecule has 2 aromatic heterocycles. The number of hydrogen-bond acceptors (Lipinski definition) is 3. The van der Waals surface area contributed by atoms with Crippen molar-refractivity contribution < 1.29 is 4.79 Å². The van der Waals surface area contributed by atoms with Crippen LogP contribution < -0.4 is 16.6 Å². The van der Waals surface area contributed by atoms with Gasteiger partial charge in [0.25, 0.3) is 11.5 Å². The minimum Gasteiger partial charge on any atom is -0.385 e. The van der Waals surface area contributed by atoms with Crippen LogP contribution in [-0.4, -0.2) is 22.4 Å². The Bertz CT molecular complexity index is 954. The van der Waals surface area contributed by atoms with Crippen LogP contribution in [0.3, 0.4) is 0 Å². The van der Waals surface area contributed by atoms with E-state index in [2.05, 4.69) is 22.2 Å². The molecule has 0 aliphatic rings. The zero-order valence-corrected chi connectivity index (χ0v) is 14.9. The normalized spacial score (nSPS) is 11.0. The summed E-state index contributed by atoms with van der Waals surface area (Å²) >= 11 is 0. The molecular weight excluding hydrogens is 328 g/mol. The van der Waals surface area contributed by atoms with Gasteiger partial charge in [-0.2, -0.15) is 0 Å². The average molecular weight is 352 g/mol. The molecule has 0 radical (unpaired) electrons. The Balaban J connectivity index is 1.65. The SMILES string of the molecule is CCCCNC(=O)c1ccc(CCc2c[nH]c3cc(N)[nH]c(=O)c23)cc1. The number of carbonyl (C=O) groups excluding carboxylic acids is 1. The van der Waals surface area contributed by atoms with Crippen LogP contribution in [0.15, 0.2) is 41.3 Å². The lowest BCUT2D eigenvalue weighted by Gasteiger charge is -2.06. The van der Waals surface area contributed by atoms with Crippen molar-refractivity contribution in [1.29, 1.82) is 0 Å². The smallest absolute Gasteiger partial charge is 0.259 e. The fraction of sp³-hybridized carbons (Fsp3) is 0.300. The molecule has 26 heavy (non-hydrogen) atoms. The van der Waals surface area contributed by atoms with Crippen LogP contribution >= 0.6 is 0 Å². The molecular formula is C20H24N4O2. The van der Waals surface area contributed by atoms with Gasteiger partial charge in [0, 0.05) is 24.4 Å². The Morgan fingerprint density at radius 2 is 1.96 bits per heavy atom. The molecule has 136 valence electrons. The van der Waals surface area contributed by atoms with Crippen molar-refractivity contribution in [1.82, 2.24) is 15.3 Å². The fourth-order valence-corrected chi connectivity index (χ4v) is 3.03. The largest absolute Gasteiger partial charge is 0.385 e. The lowest BCUT2D eigenvalue weighted by molar-refractivity contribution is 0.0953. The number of hydrogen-bond donors (Lipinski definition) is 4. The van der Waals surface area contributed by atoms with Gasteiger partial charge < -0.3 is 21.0 Å². The number of rotatable bonds is 7. The number of unbranched alkanes of at least 4 members (excludes halogenated alkanes) is 1. The third-order valence-corrected chi connectivity index (χ3v) is 4.49. The molecule has 0 saturated heterocycles. The van der Waals surface area contributed by atoms with Crippen LogP contribution in [0.4, 0.5) is 5.82 Å². The number of nitrogens with two attached hydrogens (primary N) is 1. The molecule has 0 saturated carbocycles. The van der Waals surface area contributed by atoms with Crippen molar-refractivity contribution in [2.24, 2.45) is 0 Å². The lowest BCUT2D eigenvalue weighted by Crippen LogP contribution is -2.24. The summed E-state index contributed by atoms with van der Waals surface area (Å²) in [4.78, 5) is 29.9. The summed E-state index contributed by atoms with van der Waals surface area (Å²) in [5.41, 5.74) is 9.00. The number of aryl methyl sites for hydroxylation is 2. The Kier molecular flexibility index (Phi) is 5.41. The predicted octanol–water partition coefficient (Wildman–Crippen LogP) is 2.75. The molecule has 6 heteroatoms. The van der Waals surface area contributed by atoms with Crippen LogP contribution in [0, 0.1) is 0 Å². The van der Waals surface area contributed by atoms with Crippen molar-refractivity contribution >= 4 is 22.6 Å². The van der Waals surface area contributed by atoms with E-state index in [-0.39, 0.29) is 11.5 Å². The molecule has 0 atom stereocenters. The van der Waals surface area contributed by atoms with E-state index in [1.54, 1.807) is 6.07 Å². The molecule has 0 spiro atoms. The van der Waals surface area contributed by atoms with Crippen molar-refractivity contribution in [2.45, 2.75) is 32.6 Å². The number of aromatic amines is 2. The van der Waals surface area contributed by atoms with E-state index in [1.807, 2.05) is 30.5 Å². The van der Waals surface area contributed by atoms with Gasteiger partial charge in [0.15, 0.2) is 0 Å². The molecule has 0 fully saturated rings. The summed E-state index contributed by atoms with van der Waals surface area (Å²) in [6.45, 7) is 2.80. The molecule has 0 aliphatic carbocycles. The first-order valence-corrected chi connectivity index (χ1v) is 8.94. The number of nitrogens with one attached hydrogen (secondary N) is 3. The number of fused-ring (bicyclic) bond motifs is 1. The molecule has 2 heterocycles. The Morgan fingerprint density at radius 3 is 2.69 bits per heavy atom. The van der Waals surface area contributed by atoms with E-state index in [9.17, 15) is 9.59 Å². The zero-order chi connectivity index (χ0) is 18.5. The summed E-state index contributed by atoms with van der Waals surface area (Å²) in [5, 5.41) is 3.57. The average Bonchev–Trinajstić information content (AvgIpc) is 3.03. The first-order chi connectivity index (χ1) is 12.6. The quantitative estimate of drug-likeness (QED) is 0.492. The fourth-order valence-electron chi connectivity index (χ4n) is 3.03. The number of benzene rings is 1. The van der Waals surface area contributed by atoms with E-state index >= 15 is 0 Å². The van der Waals surface area contributed by atoms with Crippen LogP contribution in [0.25, 0.3) is 10.9 Å². The summed E-state index contributed by atoms with van der Waals surface area (Å²) < 4.78 is 0. The number of anilines is 1. The second kappa shape index (κ2) is 7.91. The summed E-state index contributed by atoms with van der Waals surface area (Å²) in [6.07, 6.45) is 5.42. The third-order valence-electron chi connectivity index (χ3n) is 4.49. The van der Waals surface area contributed by atoms with Gasteiger partial charge in [0.2, 0.25) is 0 Å². The van der Waals surface area contributed by atoms with Gasteiger partial charge >= 0.3 is 0 Å². The Hall–Kier alpha value is -3.02. The van der Waals surface area contributed by atoms with Crippen molar-refractivity contribution in [2.75, 3.05) is 12.3 Å². The van der Waals surface area contributed by atoms with E-state index < -0.39 is 0 Å².